The smallest absolute Gasteiger partial charge is 0.251 e. The van der Waals surface area contributed by atoms with E-state index in [0.29, 0.717) is 24.1 Å². The third-order valence-corrected chi connectivity index (χ3v) is 4.78. The normalized spacial score (nSPS) is 14.9. The third kappa shape index (κ3) is 4.45. The fourth-order valence-corrected chi connectivity index (χ4v) is 3.17. The highest BCUT2D eigenvalue weighted by Crippen LogP contribution is 2.22. The Morgan fingerprint density at radius 2 is 2.00 bits per heavy atom. The number of carbonyl (C=O) groups excluding carboxylic acids is 2. The molecule has 2 aromatic carbocycles. The summed E-state index contributed by atoms with van der Waals surface area (Å²) in [7, 11) is 1.41. The van der Waals surface area contributed by atoms with Crippen molar-refractivity contribution in [2.45, 2.75) is 32.4 Å². The zero-order chi connectivity index (χ0) is 19.4. The van der Waals surface area contributed by atoms with Gasteiger partial charge in [0.2, 0.25) is 5.91 Å². The van der Waals surface area contributed by atoms with Gasteiger partial charge in [-0.2, -0.15) is 0 Å². The van der Waals surface area contributed by atoms with E-state index in [-0.39, 0.29) is 23.6 Å². The fourth-order valence-electron chi connectivity index (χ4n) is 3.17. The van der Waals surface area contributed by atoms with Crippen LogP contribution in [-0.2, 0) is 11.3 Å². The Hall–Kier alpha value is -2.89. The van der Waals surface area contributed by atoms with Crippen molar-refractivity contribution < 1.29 is 18.7 Å². The molecule has 1 aliphatic rings. The van der Waals surface area contributed by atoms with Crippen LogP contribution >= 0.6 is 0 Å². The summed E-state index contributed by atoms with van der Waals surface area (Å²) < 4.78 is 18.8. The number of nitrogens with one attached hydrogen (secondary N) is 1. The molecule has 27 heavy (non-hydrogen) atoms. The molecule has 2 aromatic rings. The number of benzene rings is 2. The quantitative estimate of drug-likeness (QED) is 0.847. The summed E-state index contributed by atoms with van der Waals surface area (Å²) in [5.74, 6) is -0.346. The molecule has 0 saturated carbocycles. The number of nitrogens with zero attached hydrogens (tertiary/aromatic N) is 1. The van der Waals surface area contributed by atoms with Crippen molar-refractivity contribution in [3.63, 3.8) is 0 Å². The van der Waals surface area contributed by atoms with Crippen molar-refractivity contribution >= 4 is 11.8 Å². The van der Waals surface area contributed by atoms with Crippen LogP contribution in [0.25, 0.3) is 0 Å². The lowest BCUT2D eigenvalue weighted by atomic mass is 10.1. The summed E-state index contributed by atoms with van der Waals surface area (Å²) in [5.41, 5.74) is 2.17. The second-order valence-electron chi connectivity index (χ2n) is 6.70. The lowest BCUT2D eigenvalue weighted by Gasteiger charge is -2.17. The summed E-state index contributed by atoms with van der Waals surface area (Å²) >= 11 is 0. The first-order valence-corrected chi connectivity index (χ1v) is 8.99. The number of methoxy groups -OCH3 is 1. The number of hydrogen-bond acceptors (Lipinski definition) is 3. The molecule has 3 rings (SSSR count). The minimum absolute atomic E-state index is 0.171. The summed E-state index contributed by atoms with van der Waals surface area (Å²) in [6.07, 6.45) is 1.52. The Kier molecular flexibility index (Phi) is 5.74. The molecular weight excluding hydrogens is 347 g/mol. The van der Waals surface area contributed by atoms with Crippen LogP contribution in [0.2, 0.25) is 0 Å². The van der Waals surface area contributed by atoms with Crippen molar-refractivity contribution in [3.8, 4) is 5.75 Å². The zero-order valence-electron chi connectivity index (χ0n) is 15.5. The summed E-state index contributed by atoms with van der Waals surface area (Å²) in [6.45, 7) is 3.16. The van der Waals surface area contributed by atoms with E-state index in [2.05, 4.69) is 5.32 Å². The summed E-state index contributed by atoms with van der Waals surface area (Å²) in [5, 5.41) is 2.87. The van der Waals surface area contributed by atoms with Crippen LogP contribution in [0.4, 0.5) is 4.39 Å². The maximum Gasteiger partial charge on any atom is 0.251 e. The average Bonchev–Trinajstić information content (AvgIpc) is 3.06. The predicted octanol–water partition coefficient (Wildman–Crippen LogP) is 3.45. The first kappa shape index (κ1) is 18.9. The molecule has 2 amide bonds. The largest absolute Gasteiger partial charge is 0.494 e. The van der Waals surface area contributed by atoms with Gasteiger partial charge in [-0.05, 0) is 48.7 Å². The minimum atomic E-state index is -0.461. The van der Waals surface area contributed by atoms with Crippen LogP contribution in [0.1, 0.15) is 47.3 Å². The molecule has 1 saturated heterocycles. The predicted molar refractivity (Wildman–Crippen MR) is 99.9 cm³/mol. The third-order valence-electron chi connectivity index (χ3n) is 4.78. The maximum absolute atomic E-state index is 13.8. The van der Waals surface area contributed by atoms with Gasteiger partial charge in [0.1, 0.15) is 0 Å². The van der Waals surface area contributed by atoms with Crippen molar-refractivity contribution in [3.05, 3.63) is 65.0 Å². The van der Waals surface area contributed by atoms with Gasteiger partial charge in [0.15, 0.2) is 11.6 Å². The van der Waals surface area contributed by atoms with E-state index in [9.17, 15) is 14.0 Å². The molecule has 0 spiro atoms. The highest BCUT2D eigenvalue weighted by molar-refractivity contribution is 5.94. The van der Waals surface area contributed by atoms with E-state index < -0.39 is 5.82 Å². The van der Waals surface area contributed by atoms with Crippen molar-refractivity contribution in [1.29, 1.82) is 0 Å². The molecule has 1 unspecified atom stereocenters. The molecule has 6 heteroatoms. The van der Waals surface area contributed by atoms with Crippen LogP contribution in [0.15, 0.2) is 42.5 Å². The zero-order valence-corrected chi connectivity index (χ0v) is 15.5. The Labute approximate surface area is 158 Å². The van der Waals surface area contributed by atoms with E-state index in [1.807, 2.05) is 17.0 Å². The molecule has 1 N–H and O–H groups in total. The number of carbonyl (C=O) groups is 2. The number of likely N-dealkylation sites (tertiary alicyclic amines) is 1. The SMILES string of the molecule is COc1ccc(C(C)NC(=O)c2ccc(CN3CCCC3=O)cc2)cc1F. The van der Waals surface area contributed by atoms with Crippen molar-refractivity contribution in [2.75, 3.05) is 13.7 Å². The molecule has 0 aromatic heterocycles. The van der Waals surface area contributed by atoms with Gasteiger partial charge in [-0.25, -0.2) is 4.39 Å². The molecular formula is C21H23FN2O3. The van der Waals surface area contributed by atoms with Gasteiger partial charge in [-0.1, -0.05) is 18.2 Å². The lowest BCUT2D eigenvalue weighted by molar-refractivity contribution is -0.128. The first-order valence-electron chi connectivity index (χ1n) is 8.99. The maximum atomic E-state index is 13.8. The Bertz CT molecular complexity index is 836. The molecule has 1 atom stereocenters. The number of amides is 2. The van der Waals surface area contributed by atoms with E-state index in [4.69, 9.17) is 4.74 Å². The van der Waals surface area contributed by atoms with Crippen LogP contribution in [-0.4, -0.2) is 30.4 Å². The van der Waals surface area contributed by atoms with Gasteiger partial charge in [0, 0.05) is 25.1 Å². The van der Waals surface area contributed by atoms with Gasteiger partial charge >= 0.3 is 0 Å². The second kappa shape index (κ2) is 8.20. The van der Waals surface area contributed by atoms with E-state index in [0.717, 1.165) is 18.5 Å². The summed E-state index contributed by atoms with van der Waals surface area (Å²) in [6, 6.07) is 11.5. The van der Waals surface area contributed by atoms with Crippen LogP contribution in [0.3, 0.4) is 0 Å². The molecule has 1 heterocycles. The van der Waals surface area contributed by atoms with Gasteiger partial charge in [0.25, 0.3) is 5.91 Å². The topological polar surface area (TPSA) is 58.6 Å². The standard InChI is InChI=1S/C21H23FN2O3/c1-14(17-9-10-19(27-2)18(22)12-17)23-21(26)16-7-5-15(6-8-16)13-24-11-3-4-20(24)25/h5-10,12,14H,3-4,11,13H2,1-2H3,(H,23,26). The highest BCUT2D eigenvalue weighted by Gasteiger charge is 2.20. The van der Waals surface area contributed by atoms with Crippen LogP contribution in [0.5, 0.6) is 5.75 Å². The van der Waals surface area contributed by atoms with Crippen molar-refractivity contribution in [2.24, 2.45) is 0 Å². The van der Waals surface area contributed by atoms with Gasteiger partial charge in [-0.15, -0.1) is 0 Å². The lowest BCUT2D eigenvalue weighted by Crippen LogP contribution is -2.27. The molecule has 0 radical (unpaired) electrons. The Morgan fingerprint density at radius 3 is 2.59 bits per heavy atom. The second-order valence-corrected chi connectivity index (χ2v) is 6.70. The highest BCUT2D eigenvalue weighted by atomic mass is 19.1. The first-order chi connectivity index (χ1) is 13.0. The molecule has 1 fully saturated rings. The van der Waals surface area contributed by atoms with Crippen LogP contribution in [0, 0.1) is 5.82 Å². The summed E-state index contributed by atoms with van der Waals surface area (Å²) in [4.78, 5) is 26.0. The van der Waals surface area contributed by atoms with Gasteiger partial charge in [0.05, 0.1) is 13.2 Å². The number of halogens is 1. The van der Waals surface area contributed by atoms with E-state index in [1.165, 1.54) is 13.2 Å². The Morgan fingerprint density at radius 1 is 1.26 bits per heavy atom. The monoisotopic (exact) mass is 370 g/mol. The number of hydrogen-bond donors (Lipinski definition) is 1. The minimum Gasteiger partial charge on any atom is -0.494 e. The molecule has 142 valence electrons. The van der Waals surface area contributed by atoms with Gasteiger partial charge in [-0.3, -0.25) is 9.59 Å². The Balaban J connectivity index is 1.61. The van der Waals surface area contributed by atoms with Crippen LogP contribution < -0.4 is 10.1 Å². The van der Waals surface area contributed by atoms with Gasteiger partial charge < -0.3 is 15.0 Å². The molecule has 5 nitrogen and oxygen atoms in total. The number of ether oxygens (including phenoxy) is 1. The van der Waals surface area contributed by atoms with E-state index in [1.54, 1.807) is 31.2 Å². The molecule has 1 aliphatic heterocycles. The molecule has 0 bridgehead atoms. The number of rotatable bonds is 6. The van der Waals surface area contributed by atoms with Crippen molar-refractivity contribution in [1.82, 2.24) is 10.2 Å². The molecule has 0 aliphatic carbocycles. The average molecular weight is 370 g/mol. The fraction of sp³-hybridized carbons (Fsp3) is 0.333. The van der Waals surface area contributed by atoms with E-state index >= 15 is 0 Å².